The Labute approximate surface area is 193 Å². The molecule has 1 fully saturated rings. The van der Waals surface area contributed by atoms with Crippen molar-refractivity contribution in [2.45, 2.75) is 37.9 Å². The average molecular weight is 454 g/mol. The molecule has 170 valence electrons. The number of rotatable bonds is 6. The Bertz CT molecular complexity index is 1030. The highest BCUT2D eigenvalue weighted by atomic mass is 32.2. The number of hydrogen-bond acceptors (Lipinski definition) is 6. The molecule has 1 saturated heterocycles. The number of piperazine rings is 1. The Morgan fingerprint density at radius 2 is 1.78 bits per heavy atom. The number of likely N-dealkylation sites (N-methyl/N-ethyl adjacent to an activating group) is 1. The van der Waals surface area contributed by atoms with E-state index in [-0.39, 0.29) is 11.3 Å². The number of hydrogen-bond donors (Lipinski definition) is 0. The van der Waals surface area contributed by atoms with E-state index in [9.17, 15) is 4.79 Å². The fraction of sp³-hybridized carbons (Fsp3) is 0.458. The number of carbonyl (C=O) groups excluding carboxylic acids is 1. The molecule has 0 atom stereocenters. The fourth-order valence-electron chi connectivity index (χ4n) is 3.70. The Balaban J connectivity index is 1.54. The summed E-state index contributed by atoms with van der Waals surface area (Å²) in [5, 5.41) is 9.63. The normalized spacial score (nSPS) is 15.3. The molecule has 3 aromatic rings. The van der Waals surface area contributed by atoms with Gasteiger partial charge in [0.15, 0.2) is 11.0 Å². The highest BCUT2D eigenvalue weighted by Crippen LogP contribution is 2.28. The van der Waals surface area contributed by atoms with Crippen molar-refractivity contribution in [3.63, 3.8) is 0 Å². The van der Waals surface area contributed by atoms with Crippen LogP contribution in [0.5, 0.6) is 0 Å². The predicted octanol–water partition coefficient (Wildman–Crippen LogP) is 3.75. The van der Waals surface area contributed by atoms with Crippen LogP contribution in [0.1, 0.15) is 32.1 Å². The summed E-state index contributed by atoms with van der Waals surface area (Å²) >= 11 is 1.44. The largest absolute Gasteiger partial charge is 0.467 e. The van der Waals surface area contributed by atoms with Crippen molar-refractivity contribution in [1.82, 2.24) is 24.6 Å². The molecule has 1 aliphatic heterocycles. The number of benzene rings is 1. The van der Waals surface area contributed by atoms with Gasteiger partial charge in [0, 0.05) is 31.7 Å². The third-order valence-electron chi connectivity index (χ3n) is 5.80. The number of thioether (sulfide) groups is 1. The minimum Gasteiger partial charge on any atom is -0.467 e. The van der Waals surface area contributed by atoms with Crippen LogP contribution in [0.2, 0.25) is 0 Å². The number of furan rings is 1. The minimum atomic E-state index is 0.0883. The van der Waals surface area contributed by atoms with Gasteiger partial charge in [-0.1, -0.05) is 56.8 Å². The standard InChI is InChI=1S/C24H31N5O2S/c1-24(2,3)19-9-7-18(8-10-19)22-25-26-23(29(22)16-20-6-5-15-31-20)32-17-21(30)28-13-11-27(4)12-14-28/h5-10,15H,11-14,16-17H2,1-4H3. The molecule has 0 saturated carbocycles. The van der Waals surface area contributed by atoms with Crippen molar-refractivity contribution in [3.8, 4) is 11.4 Å². The van der Waals surface area contributed by atoms with Gasteiger partial charge in [-0.2, -0.15) is 0 Å². The zero-order valence-corrected chi connectivity index (χ0v) is 20.1. The molecule has 0 radical (unpaired) electrons. The van der Waals surface area contributed by atoms with E-state index < -0.39 is 0 Å². The maximum absolute atomic E-state index is 12.7. The lowest BCUT2D eigenvalue weighted by Gasteiger charge is -2.32. The first kappa shape index (κ1) is 22.6. The van der Waals surface area contributed by atoms with E-state index in [4.69, 9.17) is 4.42 Å². The van der Waals surface area contributed by atoms with Gasteiger partial charge in [-0.3, -0.25) is 9.36 Å². The van der Waals surface area contributed by atoms with Gasteiger partial charge in [-0.25, -0.2) is 0 Å². The molecule has 0 N–H and O–H groups in total. The molecular weight excluding hydrogens is 422 g/mol. The van der Waals surface area contributed by atoms with Crippen LogP contribution < -0.4 is 0 Å². The summed E-state index contributed by atoms with van der Waals surface area (Å²) in [5.74, 6) is 2.09. The smallest absolute Gasteiger partial charge is 0.233 e. The van der Waals surface area contributed by atoms with Crippen LogP contribution in [0, 0.1) is 0 Å². The van der Waals surface area contributed by atoms with Gasteiger partial charge in [-0.05, 0) is 30.2 Å². The van der Waals surface area contributed by atoms with E-state index in [0.29, 0.717) is 12.3 Å². The lowest BCUT2D eigenvalue weighted by molar-refractivity contribution is -0.129. The molecule has 1 amide bonds. The van der Waals surface area contributed by atoms with Crippen molar-refractivity contribution >= 4 is 17.7 Å². The maximum Gasteiger partial charge on any atom is 0.233 e. The summed E-state index contributed by atoms with van der Waals surface area (Å²) < 4.78 is 7.62. The highest BCUT2D eigenvalue weighted by molar-refractivity contribution is 7.99. The third kappa shape index (κ3) is 5.24. The Hall–Kier alpha value is -2.58. The summed E-state index contributed by atoms with van der Waals surface area (Å²) in [6.45, 7) is 10.5. The lowest BCUT2D eigenvalue weighted by atomic mass is 9.87. The summed E-state index contributed by atoms with van der Waals surface area (Å²) in [6, 6.07) is 12.3. The van der Waals surface area contributed by atoms with Gasteiger partial charge in [0.2, 0.25) is 5.91 Å². The summed E-state index contributed by atoms with van der Waals surface area (Å²) in [6.07, 6.45) is 1.67. The van der Waals surface area contributed by atoms with Crippen molar-refractivity contribution in [2.24, 2.45) is 0 Å². The van der Waals surface area contributed by atoms with Crippen LogP contribution in [-0.4, -0.2) is 69.5 Å². The molecule has 1 aromatic carbocycles. The molecule has 3 heterocycles. The van der Waals surface area contributed by atoms with E-state index >= 15 is 0 Å². The molecule has 0 aliphatic carbocycles. The second-order valence-corrected chi connectivity index (χ2v) is 10.2. The Morgan fingerprint density at radius 3 is 2.41 bits per heavy atom. The molecule has 1 aliphatic rings. The van der Waals surface area contributed by atoms with Crippen LogP contribution in [0.15, 0.2) is 52.2 Å². The van der Waals surface area contributed by atoms with Crippen LogP contribution in [0.25, 0.3) is 11.4 Å². The van der Waals surface area contributed by atoms with Gasteiger partial charge in [0.05, 0.1) is 18.6 Å². The molecule has 4 rings (SSSR count). The van der Waals surface area contributed by atoms with Crippen LogP contribution >= 0.6 is 11.8 Å². The van der Waals surface area contributed by atoms with Crippen LogP contribution in [-0.2, 0) is 16.8 Å². The number of nitrogens with zero attached hydrogens (tertiary/aromatic N) is 5. The number of amides is 1. The topological polar surface area (TPSA) is 67.4 Å². The molecule has 7 nitrogen and oxygen atoms in total. The first-order chi connectivity index (χ1) is 15.3. The third-order valence-corrected chi connectivity index (χ3v) is 6.75. The minimum absolute atomic E-state index is 0.0883. The molecule has 0 bridgehead atoms. The van der Waals surface area contributed by atoms with E-state index in [1.165, 1.54) is 17.3 Å². The molecule has 0 spiro atoms. The van der Waals surface area contributed by atoms with Crippen molar-refractivity contribution in [1.29, 1.82) is 0 Å². The molecule has 0 unspecified atom stereocenters. The average Bonchev–Trinajstić information content (AvgIpc) is 3.42. The highest BCUT2D eigenvalue weighted by Gasteiger charge is 2.22. The number of aromatic nitrogens is 3. The van der Waals surface area contributed by atoms with E-state index in [1.807, 2.05) is 21.6 Å². The zero-order chi connectivity index (χ0) is 22.7. The number of carbonyl (C=O) groups is 1. The Morgan fingerprint density at radius 1 is 1.06 bits per heavy atom. The van der Waals surface area contributed by atoms with Gasteiger partial charge in [-0.15, -0.1) is 10.2 Å². The van der Waals surface area contributed by atoms with E-state index in [1.54, 1.807) is 6.26 Å². The Kier molecular flexibility index (Phi) is 6.71. The van der Waals surface area contributed by atoms with Gasteiger partial charge >= 0.3 is 0 Å². The van der Waals surface area contributed by atoms with E-state index in [2.05, 4.69) is 67.2 Å². The van der Waals surface area contributed by atoms with Crippen LogP contribution in [0.3, 0.4) is 0 Å². The lowest BCUT2D eigenvalue weighted by Crippen LogP contribution is -2.47. The van der Waals surface area contributed by atoms with Crippen molar-refractivity contribution in [2.75, 3.05) is 39.0 Å². The molecule has 32 heavy (non-hydrogen) atoms. The molecular formula is C24H31N5O2S. The van der Waals surface area contributed by atoms with Crippen molar-refractivity contribution < 1.29 is 9.21 Å². The summed E-state index contributed by atoms with van der Waals surface area (Å²) in [4.78, 5) is 16.9. The second kappa shape index (κ2) is 9.50. The van der Waals surface area contributed by atoms with Gasteiger partial charge in [0.25, 0.3) is 0 Å². The second-order valence-electron chi connectivity index (χ2n) is 9.27. The molecule has 8 heteroatoms. The van der Waals surface area contributed by atoms with Gasteiger partial charge < -0.3 is 14.2 Å². The first-order valence-electron chi connectivity index (χ1n) is 11.0. The van der Waals surface area contributed by atoms with Gasteiger partial charge in [0.1, 0.15) is 5.76 Å². The first-order valence-corrected chi connectivity index (χ1v) is 12.0. The zero-order valence-electron chi connectivity index (χ0n) is 19.2. The molecule has 2 aromatic heterocycles. The maximum atomic E-state index is 12.7. The van der Waals surface area contributed by atoms with Crippen LogP contribution in [0.4, 0.5) is 0 Å². The monoisotopic (exact) mass is 453 g/mol. The fourth-order valence-corrected chi connectivity index (χ4v) is 4.54. The summed E-state index contributed by atoms with van der Waals surface area (Å²) in [7, 11) is 2.09. The quantitative estimate of drug-likeness (QED) is 0.530. The summed E-state index contributed by atoms with van der Waals surface area (Å²) in [5.41, 5.74) is 2.35. The van der Waals surface area contributed by atoms with Crippen molar-refractivity contribution in [3.05, 3.63) is 54.0 Å². The predicted molar refractivity (Wildman–Crippen MR) is 127 cm³/mol. The van der Waals surface area contributed by atoms with E-state index in [0.717, 1.165) is 48.5 Å². The SMILES string of the molecule is CN1CCN(C(=O)CSc2nnc(-c3ccc(C(C)(C)C)cc3)n2Cc2ccco2)CC1.